The van der Waals surface area contributed by atoms with E-state index in [9.17, 15) is 9.59 Å². The van der Waals surface area contributed by atoms with Crippen LogP contribution in [0.5, 0.6) is 0 Å². The number of carbonyl (C=O) groups is 1. The van der Waals surface area contributed by atoms with E-state index in [4.69, 9.17) is 16.6 Å². The molecule has 11 heteroatoms. The van der Waals surface area contributed by atoms with Gasteiger partial charge in [-0.1, -0.05) is 55.4 Å². The number of carbonyl (C=O) groups excluding carboxylic acids is 1. The van der Waals surface area contributed by atoms with Gasteiger partial charge < -0.3 is 9.80 Å². The van der Waals surface area contributed by atoms with Gasteiger partial charge >= 0.3 is 5.69 Å². The van der Waals surface area contributed by atoms with E-state index in [1.54, 1.807) is 29.3 Å². The van der Waals surface area contributed by atoms with Crippen LogP contribution in [-0.2, 0) is 4.79 Å². The second kappa shape index (κ2) is 12.5. The summed E-state index contributed by atoms with van der Waals surface area (Å²) in [7, 11) is 0. The SMILES string of the molecule is C.C=CC(=O)N1C[C@H](C)N(c2nc(=O)n(-c3c(C)ccnc3C(C)C)c3nc(-c4cc(Br)ccc4F)c(Cl)cc23)C[C@H]1C. The van der Waals surface area contributed by atoms with Crippen LogP contribution in [0.15, 0.2) is 58.5 Å². The van der Waals surface area contributed by atoms with Crippen LogP contribution in [0.1, 0.15) is 52.3 Å². The maximum absolute atomic E-state index is 15.1. The van der Waals surface area contributed by atoms with Gasteiger partial charge in [0.2, 0.25) is 5.91 Å². The molecule has 1 aliphatic heterocycles. The molecule has 3 aromatic heterocycles. The largest absolute Gasteiger partial charge is 0.355 e. The molecule has 1 aromatic carbocycles. The second-order valence-corrected chi connectivity index (χ2v) is 12.3. The number of piperazine rings is 1. The molecule has 1 fully saturated rings. The standard InChI is InChI=1S/C31H31BrClFN6O2.CH4/c1-7-25(41)38-14-19(6)39(15-18(38)5)29-22-13-23(33)27(21-12-20(32)8-9-24(21)34)36-30(22)40(31(42)37-29)28-17(4)10-11-35-26(28)16(2)3;/h7-13,16,18-19H,1,14-15H2,2-6H3;1H4/t18-,19+;/m1./s1. The fraction of sp³-hybridized carbons (Fsp3) is 0.344. The van der Waals surface area contributed by atoms with Gasteiger partial charge in [0, 0.05) is 41.4 Å². The van der Waals surface area contributed by atoms with E-state index in [-0.39, 0.29) is 53.3 Å². The number of benzene rings is 1. The number of aryl methyl sites for hydroxylation is 1. The number of rotatable bonds is 5. The predicted octanol–water partition coefficient (Wildman–Crippen LogP) is 7.08. The topological polar surface area (TPSA) is 84.2 Å². The van der Waals surface area contributed by atoms with Gasteiger partial charge in [-0.2, -0.15) is 4.98 Å². The van der Waals surface area contributed by atoms with Gasteiger partial charge in [0.15, 0.2) is 5.65 Å². The zero-order valence-electron chi connectivity index (χ0n) is 24.0. The van der Waals surface area contributed by atoms with E-state index in [1.807, 2.05) is 45.6 Å². The van der Waals surface area contributed by atoms with Crippen LogP contribution in [0.2, 0.25) is 5.02 Å². The maximum atomic E-state index is 15.1. The number of halogens is 3. The number of aromatic nitrogens is 4. The van der Waals surface area contributed by atoms with Crippen molar-refractivity contribution in [3.05, 3.63) is 86.2 Å². The summed E-state index contributed by atoms with van der Waals surface area (Å²) < 4.78 is 17.2. The average molecular weight is 670 g/mol. The third-order valence-electron chi connectivity index (χ3n) is 7.63. The number of nitrogens with zero attached hydrogens (tertiary/aromatic N) is 6. The molecule has 0 bridgehead atoms. The van der Waals surface area contributed by atoms with Crippen LogP contribution in [-0.4, -0.2) is 55.5 Å². The molecule has 0 spiro atoms. The van der Waals surface area contributed by atoms with Crippen molar-refractivity contribution in [2.24, 2.45) is 0 Å². The number of hydrogen-bond donors (Lipinski definition) is 0. The average Bonchev–Trinajstić information content (AvgIpc) is 2.95. The molecule has 0 aliphatic carbocycles. The van der Waals surface area contributed by atoms with Crippen molar-refractivity contribution in [3.8, 4) is 16.9 Å². The lowest BCUT2D eigenvalue weighted by molar-refractivity contribution is -0.128. The van der Waals surface area contributed by atoms with Crippen molar-refractivity contribution in [2.75, 3.05) is 18.0 Å². The van der Waals surface area contributed by atoms with Gasteiger partial charge in [-0.15, -0.1) is 0 Å². The molecule has 0 unspecified atom stereocenters. The van der Waals surface area contributed by atoms with Gasteiger partial charge in [-0.05, 0) is 68.7 Å². The molecule has 4 heterocycles. The Balaban J connectivity index is 0.00000423. The Morgan fingerprint density at radius 3 is 2.56 bits per heavy atom. The Hall–Kier alpha value is -3.63. The molecule has 0 N–H and O–H groups in total. The summed E-state index contributed by atoms with van der Waals surface area (Å²) in [6.45, 7) is 14.3. The zero-order valence-corrected chi connectivity index (χ0v) is 26.4. The Morgan fingerprint density at radius 2 is 1.88 bits per heavy atom. The molecule has 5 rings (SSSR count). The number of anilines is 1. The minimum atomic E-state index is -0.546. The van der Waals surface area contributed by atoms with Crippen molar-refractivity contribution in [1.29, 1.82) is 0 Å². The lowest BCUT2D eigenvalue weighted by Crippen LogP contribution is -2.58. The molecule has 1 amide bonds. The van der Waals surface area contributed by atoms with Crippen LogP contribution in [0.3, 0.4) is 0 Å². The first kappa shape index (κ1) is 32.3. The third kappa shape index (κ3) is 5.82. The Morgan fingerprint density at radius 1 is 1.16 bits per heavy atom. The summed E-state index contributed by atoms with van der Waals surface area (Å²) >= 11 is 10.2. The van der Waals surface area contributed by atoms with Crippen molar-refractivity contribution >= 4 is 50.3 Å². The molecule has 1 saturated heterocycles. The summed E-state index contributed by atoms with van der Waals surface area (Å²) in [4.78, 5) is 44.3. The molecular formula is C32H35BrClFN6O2. The second-order valence-electron chi connectivity index (χ2n) is 10.9. The minimum Gasteiger partial charge on any atom is -0.349 e. The van der Waals surface area contributed by atoms with E-state index < -0.39 is 11.5 Å². The summed E-state index contributed by atoms with van der Waals surface area (Å²) in [5.41, 5.74) is 2.24. The molecule has 1 aliphatic rings. The third-order valence-corrected chi connectivity index (χ3v) is 8.41. The predicted molar refractivity (Wildman–Crippen MR) is 175 cm³/mol. The van der Waals surface area contributed by atoms with E-state index in [0.29, 0.717) is 40.1 Å². The van der Waals surface area contributed by atoms with Crippen LogP contribution >= 0.6 is 27.5 Å². The molecule has 2 atom stereocenters. The lowest BCUT2D eigenvalue weighted by atomic mass is 10.0. The molecule has 43 heavy (non-hydrogen) atoms. The van der Waals surface area contributed by atoms with Crippen molar-refractivity contribution < 1.29 is 9.18 Å². The monoisotopic (exact) mass is 668 g/mol. The van der Waals surface area contributed by atoms with Gasteiger partial charge in [-0.25, -0.2) is 18.7 Å². The molecular weight excluding hydrogens is 635 g/mol. The van der Waals surface area contributed by atoms with Crippen LogP contribution in [0, 0.1) is 12.7 Å². The molecule has 4 aromatic rings. The minimum absolute atomic E-state index is 0. The van der Waals surface area contributed by atoms with E-state index in [1.165, 1.54) is 16.7 Å². The highest BCUT2D eigenvalue weighted by molar-refractivity contribution is 9.10. The van der Waals surface area contributed by atoms with Gasteiger partial charge in [0.05, 0.1) is 27.5 Å². The van der Waals surface area contributed by atoms with Gasteiger partial charge in [-0.3, -0.25) is 9.78 Å². The summed E-state index contributed by atoms with van der Waals surface area (Å²) in [6.07, 6.45) is 3.02. The highest BCUT2D eigenvalue weighted by atomic mass is 79.9. The summed E-state index contributed by atoms with van der Waals surface area (Å²) in [6, 6.07) is 7.71. The van der Waals surface area contributed by atoms with Crippen molar-refractivity contribution in [2.45, 2.75) is 60.0 Å². The number of hydrogen-bond acceptors (Lipinski definition) is 6. The zero-order chi connectivity index (χ0) is 30.5. The Kier molecular flexibility index (Phi) is 9.42. The van der Waals surface area contributed by atoms with Gasteiger partial charge in [0.25, 0.3) is 0 Å². The Bertz CT molecular complexity index is 1790. The van der Waals surface area contributed by atoms with E-state index in [0.717, 1.165) is 5.56 Å². The van der Waals surface area contributed by atoms with Crippen molar-refractivity contribution in [1.82, 2.24) is 24.4 Å². The summed E-state index contributed by atoms with van der Waals surface area (Å²) in [5.74, 6) is -0.256. The number of amides is 1. The van der Waals surface area contributed by atoms with Crippen LogP contribution < -0.4 is 10.6 Å². The smallest absolute Gasteiger partial charge is 0.349 e. The maximum Gasteiger partial charge on any atom is 0.355 e. The van der Waals surface area contributed by atoms with E-state index >= 15 is 4.39 Å². The first-order chi connectivity index (χ1) is 19.9. The molecule has 8 nitrogen and oxygen atoms in total. The highest BCUT2D eigenvalue weighted by Gasteiger charge is 2.34. The van der Waals surface area contributed by atoms with Gasteiger partial charge in [0.1, 0.15) is 11.6 Å². The quantitative estimate of drug-likeness (QED) is 0.211. The molecule has 226 valence electrons. The summed E-state index contributed by atoms with van der Waals surface area (Å²) in [5, 5.41) is 0.736. The fourth-order valence-corrected chi connectivity index (χ4v) is 6.14. The lowest BCUT2D eigenvalue weighted by Gasteiger charge is -2.44. The first-order valence-electron chi connectivity index (χ1n) is 13.7. The number of pyridine rings is 2. The normalized spacial score (nSPS) is 16.9. The van der Waals surface area contributed by atoms with Crippen molar-refractivity contribution in [3.63, 3.8) is 0 Å². The Labute approximate surface area is 264 Å². The van der Waals surface area contributed by atoms with Crippen LogP contribution in [0.4, 0.5) is 10.2 Å². The number of fused-ring (bicyclic) bond motifs is 1. The van der Waals surface area contributed by atoms with E-state index in [2.05, 4.69) is 32.5 Å². The van der Waals surface area contributed by atoms with Crippen LogP contribution in [0.25, 0.3) is 28.0 Å². The molecule has 0 radical (unpaired) electrons. The fourth-order valence-electron chi connectivity index (χ4n) is 5.52. The first-order valence-corrected chi connectivity index (χ1v) is 14.8. The highest BCUT2D eigenvalue weighted by Crippen LogP contribution is 2.37. The molecule has 0 saturated carbocycles.